The lowest BCUT2D eigenvalue weighted by atomic mass is 9.95. The van der Waals surface area contributed by atoms with E-state index in [-0.39, 0.29) is 24.3 Å². The minimum atomic E-state index is -3.54. The molecule has 1 amide bonds. The van der Waals surface area contributed by atoms with Gasteiger partial charge in [-0.25, -0.2) is 12.8 Å². The average Bonchev–Trinajstić information content (AvgIpc) is 2.67. The standard InChI is InChI=1S/C21H25FN2O3S/c1-28(26,27)24(15-16-7-11-18(22)12-8-16)20-13-9-17(10-14-20)21(25)23-19-5-3-2-4-6-19/h7-14,19H,2-6,15H2,1H3,(H,23,25). The maximum absolute atomic E-state index is 13.1. The van der Waals surface area contributed by atoms with Crippen LogP contribution in [0.15, 0.2) is 48.5 Å². The van der Waals surface area contributed by atoms with E-state index in [1.807, 2.05) is 0 Å². The van der Waals surface area contributed by atoms with Gasteiger partial charge in [0.25, 0.3) is 5.91 Å². The molecule has 0 unspecified atom stereocenters. The van der Waals surface area contributed by atoms with E-state index in [1.165, 1.54) is 22.9 Å². The van der Waals surface area contributed by atoms with Crippen LogP contribution in [0.5, 0.6) is 0 Å². The lowest BCUT2D eigenvalue weighted by Gasteiger charge is -2.24. The molecule has 1 aliphatic rings. The summed E-state index contributed by atoms with van der Waals surface area (Å²) < 4.78 is 38.9. The molecule has 2 aromatic rings. The summed E-state index contributed by atoms with van der Waals surface area (Å²) in [6, 6.07) is 12.4. The van der Waals surface area contributed by atoms with Crippen molar-refractivity contribution in [2.45, 2.75) is 44.7 Å². The molecule has 0 aliphatic heterocycles. The topological polar surface area (TPSA) is 66.5 Å². The zero-order chi connectivity index (χ0) is 20.1. The maximum atomic E-state index is 13.1. The number of sulfonamides is 1. The molecule has 2 aromatic carbocycles. The third kappa shape index (κ3) is 5.32. The summed E-state index contributed by atoms with van der Waals surface area (Å²) in [5.74, 6) is -0.508. The van der Waals surface area contributed by atoms with Gasteiger partial charge in [0.2, 0.25) is 10.0 Å². The molecule has 0 heterocycles. The van der Waals surface area contributed by atoms with E-state index in [1.54, 1.807) is 36.4 Å². The molecule has 0 atom stereocenters. The Bertz CT molecular complexity index is 906. The van der Waals surface area contributed by atoms with Crippen LogP contribution in [0.2, 0.25) is 0 Å². The summed E-state index contributed by atoms with van der Waals surface area (Å²) in [6.07, 6.45) is 6.62. The highest BCUT2D eigenvalue weighted by atomic mass is 32.2. The zero-order valence-electron chi connectivity index (χ0n) is 15.9. The Morgan fingerprint density at radius 1 is 1.04 bits per heavy atom. The van der Waals surface area contributed by atoms with Crippen LogP contribution in [-0.2, 0) is 16.6 Å². The number of nitrogens with one attached hydrogen (secondary N) is 1. The van der Waals surface area contributed by atoms with Gasteiger partial charge in [-0.1, -0.05) is 31.4 Å². The molecule has 0 aromatic heterocycles. The smallest absolute Gasteiger partial charge is 0.251 e. The maximum Gasteiger partial charge on any atom is 0.251 e. The monoisotopic (exact) mass is 404 g/mol. The molecule has 150 valence electrons. The first-order valence-electron chi connectivity index (χ1n) is 9.46. The van der Waals surface area contributed by atoms with Crippen molar-refractivity contribution in [2.75, 3.05) is 10.6 Å². The van der Waals surface area contributed by atoms with E-state index in [2.05, 4.69) is 5.32 Å². The van der Waals surface area contributed by atoms with E-state index >= 15 is 0 Å². The van der Waals surface area contributed by atoms with Gasteiger partial charge in [-0.15, -0.1) is 0 Å². The van der Waals surface area contributed by atoms with E-state index in [9.17, 15) is 17.6 Å². The Balaban J connectivity index is 1.74. The number of rotatable bonds is 6. The Morgan fingerprint density at radius 2 is 1.64 bits per heavy atom. The number of halogens is 1. The van der Waals surface area contributed by atoms with Crippen LogP contribution in [0.3, 0.4) is 0 Å². The van der Waals surface area contributed by atoms with Crippen LogP contribution in [-0.4, -0.2) is 26.6 Å². The third-order valence-electron chi connectivity index (χ3n) is 5.00. The molecule has 0 bridgehead atoms. The first-order valence-corrected chi connectivity index (χ1v) is 11.3. The molecule has 3 rings (SSSR count). The summed E-state index contributed by atoms with van der Waals surface area (Å²) in [6.45, 7) is 0.0900. The molecular formula is C21H25FN2O3S. The molecule has 28 heavy (non-hydrogen) atoms. The Labute approximate surface area is 165 Å². The molecule has 1 saturated carbocycles. The van der Waals surface area contributed by atoms with Crippen molar-refractivity contribution in [3.63, 3.8) is 0 Å². The summed E-state index contributed by atoms with van der Waals surface area (Å²) in [7, 11) is -3.54. The van der Waals surface area contributed by atoms with Crippen LogP contribution in [0, 0.1) is 5.82 Å². The Hall–Kier alpha value is -2.41. The number of carbonyl (C=O) groups excluding carboxylic acids is 1. The van der Waals surface area contributed by atoms with Gasteiger partial charge in [-0.3, -0.25) is 9.10 Å². The van der Waals surface area contributed by atoms with E-state index in [0.717, 1.165) is 31.9 Å². The first-order chi connectivity index (χ1) is 13.3. The van der Waals surface area contributed by atoms with Crippen molar-refractivity contribution in [1.29, 1.82) is 0 Å². The van der Waals surface area contributed by atoms with Gasteiger partial charge < -0.3 is 5.32 Å². The minimum absolute atomic E-state index is 0.0900. The van der Waals surface area contributed by atoms with Gasteiger partial charge in [0.1, 0.15) is 5.82 Å². The second kappa shape index (κ2) is 8.73. The summed E-state index contributed by atoms with van der Waals surface area (Å²) in [5.41, 5.74) is 1.64. The Kier molecular flexibility index (Phi) is 6.34. The normalized spacial score (nSPS) is 15.2. The van der Waals surface area contributed by atoms with Crippen molar-refractivity contribution in [3.05, 3.63) is 65.5 Å². The molecule has 0 spiro atoms. The zero-order valence-corrected chi connectivity index (χ0v) is 16.7. The molecule has 5 nitrogen and oxygen atoms in total. The predicted octanol–water partition coefficient (Wildman–Crippen LogP) is 3.85. The van der Waals surface area contributed by atoms with Crippen LogP contribution in [0.1, 0.15) is 48.0 Å². The first kappa shape index (κ1) is 20.3. The third-order valence-corrected chi connectivity index (χ3v) is 6.14. The van der Waals surface area contributed by atoms with Crippen molar-refractivity contribution < 1.29 is 17.6 Å². The number of hydrogen-bond acceptors (Lipinski definition) is 3. The molecule has 0 saturated heterocycles. The SMILES string of the molecule is CS(=O)(=O)N(Cc1ccc(F)cc1)c1ccc(C(=O)NC2CCCCC2)cc1. The molecule has 0 radical (unpaired) electrons. The van der Waals surface area contributed by atoms with Gasteiger partial charge in [-0.05, 0) is 54.8 Å². The fourth-order valence-corrected chi connectivity index (χ4v) is 4.34. The highest BCUT2D eigenvalue weighted by Crippen LogP contribution is 2.22. The van der Waals surface area contributed by atoms with E-state index < -0.39 is 10.0 Å². The minimum Gasteiger partial charge on any atom is -0.349 e. The molecular weight excluding hydrogens is 379 g/mol. The van der Waals surface area contributed by atoms with Crippen LogP contribution in [0.4, 0.5) is 10.1 Å². The number of anilines is 1. The van der Waals surface area contributed by atoms with Crippen LogP contribution >= 0.6 is 0 Å². The summed E-state index contributed by atoms with van der Waals surface area (Å²) >= 11 is 0. The average molecular weight is 405 g/mol. The second-order valence-corrected chi connectivity index (χ2v) is 9.16. The fourth-order valence-electron chi connectivity index (χ4n) is 3.45. The van der Waals surface area contributed by atoms with Crippen molar-refractivity contribution in [2.24, 2.45) is 0 Å². The Morgan fingerprint density at radius 3 is 2.21 bits per heavy atom. The molecule has 1 N–H and O–H groups in total. The largest absolute Gasteiger partial charge is 0.349 e. The highest BCUT2D eigenvalue weighted by molar-refractivity contribution is 7.92. The fraction of sp³-hybridized carbons (Fsp3) is 0.381. The number of carbonyl (C=O) groups is 1. The van der Waals surface area contributed by atoms with Crippen LogP contribution < -0.4 is 9.62 Å². The summed E-state index contributed by atoms with van der Waals surface area (Å²) in [5, 5.41) is 3.05. The molecule has 1 fully saturated rings. The van der Waals surface area contributed by atoms with Gasteiger partial charge in [0.05, 0.1) is 18.5 Å². The van der Waals surface area contributed by atoms with E-state index in [0.29, 0.717) is 16.8 Å². The van der Waals surface area contributed by atoms with Crippen molar-refractivity contribution in [3.8, 4) is 0 Å². The predicted molar refractivity (Wildman–Crippen MR) is 108 cm³/mol. The molecule has 1 aliphatic carbocycles. The van der Waals surface area contributed by atoms with Gasteiger partial charge >= 0.3 is 0 Å². The second-order valence-electron chi connectivity index (χ2n) is 7.25. The number of nitrogens with zero attached hydrogens (tertiary/aromatic N) is 1. The lowest BCUT2D eigenvalue weighted by molar-refractivity contribution is 0.0927. The number of amides is 1. The van der Waals surface area contributed by atoms with Gasteiger partial charge in [-0.2, -0.15) is 0 Å². The number of hydrogen-bond donors (Lipinski definition) is 1. The quantitative estimate of drug-likeness (QED) is 0.795. The van der Waals surface area contributed by atoms with Crippen molar-refractivity contribution in [1.82, 2.24) is 5.32 Å². The summed E-state index contributed by atoms with van der Waals surface area (Å²) in [4.78, 5) is 12.4. The number of benzene rings is 2. The van der Waals surface area contributed by atoms with Crippen molar-refractivity contribution >= 4 is 21.6 Å². The molecule has 7 heteroatoms. The van der Waals surface area contributed by atoms with Gasteiger partial charge in [0, 0.05) is 11.6 Å². The highest BCUT2D eigenvalue weighted by Gasteiger charge is 2.20. The van der Waals surface area contributed by atoms with Gasteiger partial charge in [0.15, 0.2) is 0 Å². The lowest BCUT2D eigenvalue weighted by Crippen LogP contribution is -2.36. The van der Waals surface area contributed by atoms with E-state index in [4.69, 9.17) is 0 Å². The van der Waals surface area contributed by atoms with Crippen LogP contribution in [0.25, 0.3) is 0 Å².